The molecule has 0 atom stereocenters. The van der Waals surface area contributed by atoms with Crippen LogP contribution in [0.2, 0.25) is 0 Å². The van der Waals surface area contributed by atoms with E-state index in [9.17, 15) is 19.2 Å². The number of nitrogens with zero attached hydrogens (tertiary/aromatic N) is 2. The lowest BCUT2D eigenvalue weighted by Gasteiger charge is -2.19. The van der Waals surface area contributed by atoms with Crippen LogP contribution in [0.15, 0.2) is 47.6 Å². The summed E-state index contributed by atoms with van der Waals surface area (Å²) in [5.74, 6) is -1.43. The average Bonchev–Trinajstić information content (AvgIpc) is 2.67. The van der Waals surface area contributed by atoms with Crippen molar-refractivity contribution in [3.8, 4) is 6.07 Å². The van der Waals surface area contributed by atoms with Gasteiger partial charge < -0.3 is 15.3 Å². The van der Waals surface area contributed by atoms with Crippen LogP contribution in [0.25, 0.3) is 0 Å². The summed E-state index contributed by atoms with van der Waals surface area (Å²) in [6.45, 7) is 5.23. The Hall–Kier alpha value is -3.93. The molecule has 0 saturated carbocycles. The van der Waals surface area contributed by atoms with Gasteiger partial charge in [-0.3, -0.25) is 10.1 Å². The van der Waals surface area contributed by atoms with E-state index in [1.807, 2.05) is 6.07 Å². The molecule has 0 aliphatic rings. The second-order valence-electron chi connectivity index (χ2n) is 7.30. The third-order valence-electron chi connectivity index (χ3n) is 3.69. The van der Waals surface area contributed by atoms with Crippen molar-refractivity contribution in [3.63, 3.8) is 0 Å². The van der Waals surface area contributed by atoms with Gasteiger partial charge in [-0.15, -0.1) is 0 Å². The molecule has 0 bridgehead atoms. The van der Waals surface area contributed by atoms with Crippen molar-refractivity contribution >= 4 is 23.5 Å². The Kier molecular flexibility index (Phi) is 7.09. The molecule has 0 unspecified atom stereocenters. The summed E-state index contributed by atoms with van der Waals surface area (Å²) in [5, 5.41) is 26.0. The molecule has 0 saturated heterocycles. The summed E-state index contributed by atoms with van der Waals surface area (Å²) >= 11 is 0. The molecule has 30 heavy (non-hydrogen) atoms. The van der Waals surface area contributed by atoms with Crippen molar-refractivity contribution in [2.24, 2.45) is 5.16 Å². The highest BCUT2D eigenvalue weighted by Crippen LogP contribution is 2.14. The predicted octanol–water partition coefficient (Wildman–Crippen LogP) is 3.54. The lowest BCUT2D eigenvalue weighted by atomic mass is 10.1. The quantitative estimate of drug-likeness (QED) is 0.307. The minimum absolute atomic E-state index is 0.0979. The summed E-state index contributed by atoms with van der Waals surface area (Å²) in [6, 6.07) is 11.7. The standard InChI is InChI=1S/C21H21FN4O4/c1-21(2,3)30-20(28)24-16-8-6-14(7-9-16)19(26-29)25-18(27)11-15-5-4-13(12-23)10-17(15)22/h4-10,29H,11H2,1-3H3,(H,24,28)(H,25,26,27). The van der Waals surface area contributed by atoms with Gasteiger partial charge in [0.25, 0.3) is 0 Å². The lowest BCUT2D eigenvalue weighted by molar-refractivity contribution is -0.119. The first-order chi connectivity index (χ1) is 14.1. The molecule has 0 aromatic heterocycles. The van der Waals surface area contributed by atoms with Crippen LogP contribution < -0.4 is 10.6 Å². The van der Waals surface area contributed by atoms with Crippen molar-refractivity contribution in [2.75, 3.05) is 5.32 Å². The van der Waals surface area contributed by atoms with Crippen LogP contribution in [0.1, 0.15) is 37.5 Å². The van der Waals surface area contributed by atoms with Gasteiger partial charge in [-0.05, 0) is 62.7 Å². The summed E-state index contributed by atoms with van der Waals surface area (Å²) in [6.07, 6.45) is -0.932. The molecule has 0 aliphatic carbocycles. The number of nitrogens with one attached hydrogen (secondary N) is 2. The van der Waals surface area contributed by atoms with Crippen LogP contribution >= 0.6 is 0 Å². The van der Waals surface area contributed by atoms with Crippen molar-refractivity contribution in [2.45, 2.75) is 32.8 Å². The highest BCUT2D eigenvalue weighted by atomic mass is 19.1. The molecular weight excluding hydrogens is 391 g/mol. The Bertz CT molecular complexity index is 1010. The third-order valence-corrected chi connectivity index (χ3v) is 3.69. The van der Waals surface area contributed by atoms with Crippen LogP contribution in [0.4, 0.5) is 14.9 Å². The number of ether oxygens (including phenoxy) is 1. The molecule has 0 spiro atoms. The smallest absolute Gasteiger partial charge is 0.412 e. The minimum atomic E-state index is -0.677. The maximum Gasteiger partial charge on any atom is 0.412 e. The van der Waals surface area contributed by atoms with E-state index in [1.165, 1.54) is 36.4 Å². The van der Waals surface area contributed by atoms with Gasteiger partial charge in [0.15, 0.2) is 5.84 Å². The van der Waals surface area contributed by atoms with Gasteiger partial charge in [0.2, 0.25) is 5.91 Å². The first-order valence-electron chi connectivity index (χ1n) is 8.92. The number of benzene rings is 2. The molecule has 2 aromatic rings. The van der Waals surface area contributed by atoms with Gasteiger partial charge in [0, 0.05) is 11.3 Å². The van der Waals surface area contributed by atoms with Crippen LogP contribution in [-0.4, -0.2) is 28.6 Å². The maximum atomic E-state index is 13.9. The number of hydrogen-bond acceptors (Lipinski definition) is 6. The van der Waals surface area contributed by atoms with Gasteiger partial charge in [0.1, 0.15) is 11.4 Å². The number of amides is 2. The number of amidine groups is 1. The number of carbonyl (C=O) groups excluding carboxylic acids is 2. The Morgan fingerprint density at radius 2 is 1.87 bits per heavy atom. The molecule has 0 radical (unpaired) electrons. The fraction of sp³-hybridized carbons (Fsp3) is 0.238. The van der Waals surface area contributed by atoms with E-state index in [0.717, 1.165) is 6.07 Å². The van der Waals surface area contributed by atoms with Gasteiger partial charge in [-0.25, -0.2) is 9.18 Å². The van der Waals surface area contributed by atoms with E-state index in [1.54, 1.807) is 20.8 Å². The van der Waals surface area contributed by atoms with Crippen LogP contribution in [-0.2, 0) is 16.0 Å². The normalized spacial score (nSPS) is 11.4. The summed E-state index contributed by atoms with van der Waals surface area (Å²) in [7, 11) is 0. The van der Waals surface area contributed by atoms with E-state index in [-0.39, 0.29) is 23.4 Å². The van der Waals surface area contributed by atoms with Gasteiger partial charge in [0.05, 0.1) is 18.1 Å². The van der Waals surface area contributed by atoms with Crippen LogP contribution in [0.5, 0.6) is 0 Å². The molecule has 9 heteroatoms. The number of halogens is 1. The van der Waals surface area contributed by atoms with E-state index >= 15 is 0 Å². The van der Waals surface area contributed by atoms with E-state index < -0.39 is 23.4 Å². The van der Waals surface area contributed by atoms with Gasteiger partial charge >= 0.3 is 6.09 Å². The van der Waals surface area contributed by atoms with Crippen molar-refractivity contribution in [3.05, 3.63) is 65.0 Å². The second-order valence-corrected chi connectivity index (χ2v) is 7.30. The fourth-order valence-electron chi connectivity index (χ4n) is 2.40. The first kappa shape index (κ1) is 22.4. The molecule has 2 amide bonds. The minimum Gasteiger partial charge on any atom is -0.444 e. The largest absolute Gasteiger partial charge is 0.444 e. The Labute approximate surface area is 173 Å². The van der Waals surface area contributed by atoms with Gasteiger partial charge in [-0.2, -0.15) is 5.26 Å². The first-order valence-corrected chi connectivity index (χ1v) is 8.92. The van der Waals surface area contributed by atoms with Gasteiger partial charge in [-0.1, -0.05) is 11.2 Å². The Balaban J connectivity index is 2.01. The number of hydrogen-bond donors (Lipinski definition) is 3. The zero-order valence-electron chi connectivity index (χ0n) is 16.7. The molecule has 156 valence electrons. The molecule has 2 rings (SSSR count). The number of carbonyl (C=O) groups is 2. The highest BCUT2D eigenvalue weighted by molar-refractivity contribution is 6.08. The van der Waals surface area contributed by atoms with Crippen molar-refractivity contribution in [1.82, 2.24) is 5.32 Å². The van der Waals surface area contributed by atoms with Crippen molar-refractivity contribution in [1.29, 1.82) is 5.26 Å². The third kappa shape index (κ3) is 6.60. The van der Waals surface area contributed by atoms with E-state index in [2.05, 4.69) is 15.8 Å². The highest BCUT2D eigenvalue weighted by Gasteiger charge is 2.17. The van der Waals surface area contributed by atoms with E-state index in [0.29, 0.717) is 11.3 Å². The zero-order chi connectivity index (χ0) is 22.3. The molecule has 0 aliphatic heterocycles. The fourth-order valence-corrected chi connectivity index (χ4v) is 2.40. The molecule has 3 N–H and O–H groups in total. The lowest BCUT2D eigenvalue weighted by Crippen LogP contribution is -2.32. The summed E-state index contributed by atoms with van der Waals surface area (Å²) < 4.78 is 19.1. The molecule has 8 nitrogen and oxygen atoms in total. The Morgan fingerprint density at radius 3 is 2.40 bits per heavy atom. The average molecular weight is 412 g/mol. The molecule has 0 heterocycles. The number of nitriles is 1. The van der Waals surface area contributed by atoms with Crippen LogP contribution in [0.3, 0.4) is 0 Å². The molecule has 0 fully saturated rings. The monoisotopic (exact) mass is 412 g/mol. The number of anilines is 1. The molecular formula is C21H21FN4O4. The Morgan fingerprint density at radius 1 is 1.20 bits per heavy atom. The SMILES string of the molecule is CC(C)(C)OC(=O)Nc1ccc(/C(=N\O)NC(=O)Cc2ccc(C#N)cc2F)cc1. The topological polar surface area (TPSA) is 124 Å². The summed E-state index contributed by atoms with van der Waals surface area (Å²) in [4.78, 5) is 24.0. The molecule has 2 aromatic carbocycles. The maximum absolute atomic E-state index is 13.9. The van der Waals surface area contributed by atoms with E-state index in [4.69, 9.17) is 10.00 Å². The predicted molar refractivity (Wildman–Crippen MR) is 108 cm³/mol. The summed E-state index contributed by atoms with van der Waals surface area (Å²) in [5.41, 5.74) is 0.409. The number of oxime groups is 1. The van der Waals surface area contributed by atoms with Crippen LogP contribution in [0, 0.1) is 17.1 Å². The zero-order valence-corrected chi connectivity index (χ0v) is 16.7. The van der Waals surface area contributed by atoms with Crippen molar-refractivity contribution < 1.29 is 23.9 Å². The second kappa shape index (κ2) is 9.52. The number of rotatable bonds is 4.